The van der Waals surface area contributed by atoms with Crippen LogP contribution in [0.2, 0.25) is 0 Å². The molecule has 0 saturated carbocycles. The number of benzene rings is 1. The van der Waals surface area contributed by atoms with E-state index in [0.717, 1.165) is 22.2 Å². The monoisotopic (exact) mass is 342 g/mol. The maximum absolute atomic E-state index is 12.1. The molecule has 0 fully saturated rings. The molecule has 112 valence electrons. The van der Waals surface area contributed by atoms with Crippen molar-refractivity contribution >= 4 is 21.9 Å². The Balaban J connectivity index is 3.01. The van der Waals surface area contributed by atoms with Gasteiger partial charge in [0, 0.05) is 0 Å². The van der Waals surface area contributed by atoms with Crippen molar-refractivity contribution in [3.63, 3.8) is 0 Å². The van der Waals surface area contributed by atoms with Crippen LogP contribution in [0.5, 0.6) is 5.75 Å². The number of hydrogen-bond donors (Lipinski definition) is 0. The Morgan fingerprint density at radius 1 is 1.25 bits per heavy atom. The van der Waals surface area contributed by atoms with Crippen LogP contribution < -0.4 is 4.74 Å². The van der Waals surface area contributed by atoms with Crippen molar-refractivity contribution in [2.24, 2.45) is 5.92 Å². The largest absolute Gasteiger partial charge is 0.493 e. The second kappa shape index (κ2) is 8.30. The van der Waals surface area contributed by atoms with Gasteiger partial charge in [0.25, 0.3) is 0 Å². The molecular formula is C16H23BrO3. The Morgan fingerprint density at radius 3 is 2.45 bits per heavy atom. The molecule has 0 amide bonds. The van der Waals surface area contributed by atoms with Gasteiger partial charge in [-0.05, 0) is 59.8 Å². The van der Waals surface area contributed by atoms with Gasteiger partial charge in [-0.2, -0.15) is 0 Å². The van der Waals surface area contributed by atoms with Gasteiger partial charge in [0.1, 0.15) is 5.75 Å². The summed E-state index contributed by atoms with van der Waals surface area (Å²) in [6.45, 7) is 9.02. The number of carbonyl (C=O) groups excluding carboxylic acids is 1. The minimum atomic E-state index is -0.220. The van der Waals surface area contributed by atoms with E-state index < -0.39 is 0 Å². The first kappa shape index (κ1) is 17.0. The van der Waals surface area contributed by atoms with Crippen LogP contribution in [0.15, 0.2) is 22.7 Å². The number of halogens is 1. The average Bonchev–Trinajstić information content (AvgIpc) is 2.38. The highest BCUT2D eigenvalue weighted by molar-refractivity contribution is 9.10. The predicted octanol–water partition coefficient (Wildman–Crippen LogP) is 4.54. The smallest absolute Gasteiger partial charge is 0.313 e. The summed E-state index contributed by atoms with van der Waals surface area (Å²) in [5, 5.41) is 0. The van der Waals surface area contributed by atoms with E-state index in [0.29, 0.717) is 19.1 Å². The predicted molar refractivity (Wildman–Crippen MR) is 84.1 cm³/mol. The normalized spacial score (nSPS) is 12.3. The summed E-state index contributed by atoms with van der Waals surface area (Å²) in [7, 11) is 0. The highest BCUT2D eigenvalue weighted by atomic mass is 79.9. The minimum Gasteiger partial charge on any atom is -0.493 e. The Morgan fingerprint density at radius 2 is 1.95 bits per heavy atom. The lowest BCUT2D eigenvalue weighted by atomic mass is 9.90. The van der Waals surface area contributed by atoms with Gasteiger partial charge in [0.15, 0.2) is 0 Å². The van der Waals surface area contributed by atoms with Crippen LogP contribution in [-0.2, 0) is 9.53 Å². The average molecular weight is 343 g/mol. The number of hydrogen-bond acceptors (Lipinski definition) is 3. The molecule has 0 bridgehead atoms. The van der Waals surface area contributed by atoms with Crippen molar-refractivity contribution in [3.05, 3.63) is 28.2 Å². The zero-order valence-electron chi connectivity index (χ0n) is 12.6. The molecule has 1 atom stereocenters. The molecule has 20 heavy (non-hydrogen) atoms. The van der Waals surface area contributed by atoms with Crippen molar-refractivity contribution in [1.82, 2.24) is 0 Å². The van der Waals surface area contributed by atoms with Crippen LogP contribution in [0.4, 0.5) is 0 Å². The third-order valence-corrected chi connectivity index (χ3v) is 3.56. The molecule has 0 N–H and O–H groups in total. The molecule has 0 saturated heterocycles. The van der Waals surface area contributed by atoms with E-state index in [1.165, 1.54) is 0 Å². The van der Waals surface area contributed by atoms with Gasteiger partial charge in [0.2, 0.25) is 0 Å². The minimum absolute atomic E-state index is 0.155. The third kappa shape index (κ3) is 4.82. The second-order valence-electron chi connectivity index (χ2n) is 5.06. The number of esters is 1. The van der Waals surface area contributed by atoms with E-state index >= 15 is 0 Å². The number of carbonyl (C=O) groups is 1. The van der Waals surface area contributed by atoms with Gasteiger partial charge in [-0.3, -0.25) is 4.79 Å². The van der Waals surface area contributed by atoms with Gasteiger partial charge in [-0.25, -0.2) is 0 Å². The topological polar surface area (TPSA) is 35.5 Å². The van der Waals surface area contributed by atoms with E-state index in [4.69, 9.17) is 9.47 Å². The van der Waals surface area contributed by atoms with E-state index in [2.05, 4.69) is 29.8 Å². The summed E-state index contributed by atoms with van der Waals surface area (Å²) in [4.78, 5) is 12.1. The lowest BCUT2D eigenvalue weighted by Crippen LogP contribution is -2.18. The number of ether oxygens (including phenoxy) is 2. The summed E-state index contributed by atoms with van der Waals surface area (Å²) >= 11 is 3.49. The summed E-state index contributed by atoms with van der Waals surface area (Å²) in [6.07, 6.45) is 0.777. The summed E-state index contributed by atoms with van der Waals surface area (Å²) in [5.41, 5.74) is 0.965. The summed E-state index contributed by atoms with van der Waals surface area (Å²) in [6, 6.07) is 5.80. The fourth-order valence-electron chi connectivity index (χ4n) is 2.09. The molecule has 0 aliphatic carbocycles. The van der Waals surface area contributed by atoms with Gasteiger partial charge in [0.05, 0.1) is 23.6 Å². The highest BCUT2D eigenvalue weighted by Gasteiger charge is 2.23. The molecule has 1 aromatic rings. The molecule has 0 spiro atoms. The molecule has 0 aromatic heterocycles. The van der Waals surface area contributed by atoms with Crippen molar-refractivity contribution in [1.29, 1.82) is 0 Å². The molecule has 3 nitrogen and oxygen atoms in total. The standard InChI is InChI=1S/C16H23BrO3/c1-5-19-15-8-7-12(10-14(15)17)13(9-11(3)4)16(18)20-6-2/h7-8,10-11,13H,5-6,9H2,1-4H3. The fourth-order valence-corrected chi connectivity index (χ4v) is 2.60. The van der Waals surface area contributed by atoms with Crippen molar-refractivity contribution in [2.45, 2.75) is 40.0 Å². The van der Waals surface area contributed by atoms with Crippen LogP contribution in [0.3, 0.4) is 0 Å². The van der Waals surface area contributed by atoms with E-state index in [9.17, 15) is 4.79 Å². The quantitative estimate of drug-likeness (QED) is 0.682. The molecule has 1 aromatic carbocycles. The van der Waals surface area contributed by atoms with E-state index in [1.807, 2.05) is 32.0 Å². The number of rotatable bonds is 7. The molecule has 0 radical (unpaired) electrons. The Labute approximate surface area is 129 Å². The lowest BCUT2D eigenvalue weighted by Gasteiger charge is -2.19. The van der Waals surface area contributed by atoms with Crippen LogP contribution >= 0.6 is 15.9 Å². The highest BCUT2D eigenvalue weighted by Crippen LogP contribution is 2.32. The summed E-state index contributed by atoms with van der Waals surface area (Å²) < 4.78 is 11.6. The van der Waals surface area contributed by atoms with Crippen LogP contribution in [-0.4, -0.2) is 19.2 Å². The van der Waals surface area contributed by atoms with Crippen LogP contribution in [0.1, 0.15) is 45.6 Å². The molecule has 0 aliphatic rings. The van der Waals surface area contributed by atoms with E-state index in [-0.39, 0.29) is 11.9 Å². The first-order valence-electron chi connectivity index (χ1n) is 7.08. The van der Waals surface area contributed by atoms with Gasteiger partial charge in [-0.1, -0.05) is 19.9 Å². The zero-order valence-corrected chi connectivity index (χ0v) is 14.2. The Bertz CT molecular complexity index is 443. The first-order chi connectivity index (χ1) is 9.49. The SMILES string of the molecule is CCOC(=O)C(CC(C)C)c1ccc(OCC)c(Br)c1. The van der Waals surface area contributed by atoms with Crippen molar-refractivity contribution in [2.75, 3.05) is 13.2 Å². The third-order valence-electron chi connectivity index (χ3n) is 2.94. The molecular weight excluding hydrogens is 320 g/mol. The van der Waals surface area contributed by atoms with Gasteiger partial charge < -0.3 is 9.47 Å². The van der Waals surface area contributed by atoms with E-state index in [1.54, 1.807) is 0 Å². The van der Waals surface area contributed by atoms with Crippen molar-refractivity contribution < 1.29 is 14.3 Å². The fraction of sp³-hybridized carbons (Fsp3) is 0.562. The maximum atomic E-state index is 12.1. The lowest BCUT2D eigenvalue weighted by molar-refractivity contribution is -0.145. The van der Waals surface area contributed by atoms with Crippen LogP contribution in [0.25, 0.3) is 0 Å². The molecule has 4 heteroatoms. The second-order valence-corrected chi connectivity index (χ2v) is 5.91. The van der Waals surface area contributed by atoms with Gasteiger partial charge in [-0.15, -0.1) is 0 Å². The molecule has 0 aliphatic heterocycles. The molecule has 1 rings (SSSR count). The Hall–Kier alpha value is -1.03. The Kier molecular flexibility index (Phi) is 7.06. The molecule has 1 unspecified atom stereocenters. The maximum Gasteiger partial charge on any atom is 0.313 e. The van der Waals surface area contributed by atoms with Crippen LogP contribution in [0, 0.1) is 5.92 Å². The van der Waals surface area contributed by atoms with Gasteiger partial charge >= 0.3 is 5.97 Å². The zero-order chi connectivity index (χ0) is 15.1. The first-order valence-corrected chi connectivity index (χ1v) is 7.87. The van der Waals surface area contributed by atoms with Crippen molar-refractivity contribution in [3.8, 4) is 5.75 Å². The molecule has 0 heterocycles. The summed E-state index contributed by atoms with van der Waals surface area (Å²) in [5.74, 6) is 0.845.